The number of amides is 2. The molecule has 0 aliphatic carbocycles. The van der Waals surface area contributed by atoms with Crippen molar-refractivity contribution in [3.8, 4) is 6.07 Å². The van der Waals surface area contributed by atoms with Gasteiger partial charge in [-0.05, 0) is 42.0 Å². The average molecular weight is 386 g/mol. The van der Waals surface area contributed by atoms with Gasteiger partial charge in [0.15, 0.2) is 0 Å². The van der Waals surface area contributed by atoms with Crippen molar-refractivity contribution in [2.24, 2.45) is 0 Å². The normalized spacial score (nSPS) is 16.2. The van der Waals surface area contributed by atoms with E-state index in [9.17, 15) is 9.59 Å². The Labute approximate surface area is 160 Å². The van der Waals surface area contributed by atoms with Gasteiger partial charge in [0.1, 0.15) is 6.04 Å². The Morgan fingerprint density at radius 1 is 1.19 bits per heavy atom. The van der Waals surface area contributed by atoms with Gasteiger partial charge in [-0.2, -0.15) is 5.26 Å². The second-order valence-electron chi connectivity index (χ2n) is 5.86. The first-order valence-corrected chi connectivity index (χ1v) is 9.53. The summed E-state index contributed by atoms with van der Waals surface area (Å²) in [6, 6.07) is 15.3. The van der Waals surface area contributed by atoms with Crippen LogP contribution < -0.4 is 5.32 Å². The lowest BCUT2D eigenvalue weighted by molar-refractivity contribution is -0.135. The minimum absolute atomic E-state index is 0.0858. The number of nitrogens with one attached hydrogen (secondary N) is 1. The molecule has 1 heterocycles. The Hall–Kier alpha value is -2.49. The highest BCUT2D eigenvalue weighted by molar-refractivity contribution is 7.99. The first-order valence-electron chi connectivity index (χ1n) is 7.99. The van der Waals surface area contributed by atoms with Crippen LogP contribution in [0.3, 0.4) is 0 Å². The molecule has 7 heteroatoms. The molecule has 0 spiro atoms. The second kappa shape index (κ2) is 8.26. The van der Waals surface area contributed by atoms with Gasteiger partial charge in [0.05, 0.1) is 23.9 Å². The van der Waals surface area contributed by atoms with Crippen molar-refractivity contribution in [2.75, 3.05) is 16.9 Å². The van der Waals surface area contributed by atoms with E-state index in [-0.39, 0.29) is 18.2 Å². The van der Waals surface area contributed by atoms with Crippen molar-refractivity contribution in [2.45, 2.75) is 12.5 Å². The minimum atomic E-state index is -0.504. The zero-order valence-corrected chi connectivity index (χ0v) is 15.4. The van der Waals surface area contributed by atoms with Crippen molar-refractivity contribution < 1.29 is 9.59 Å². The van der Waals surface area contributed by atoms with E-state index in [0.29, 0.717) is 27.9 Å². The van der Waals surface area contributed by atoms with Gasteiger partial charge in [-0.1, -0.05) is 23.7 Å². The van der Waals surface area contributed by atoms with Crippen LogP contribution in [0.5, 0.6) is 0 Å². The summed E-state index contributed by atoms with van der Waals surface area (Å²) in [5.41, 5.74) is 2.00. The first-order chi connectivity index (χ1) is 12.6. The molecular formula is C19H16ClN3O2S. The van der Waals surface area contributed by atoms with Crippen LogP contribution in [0, 0.1) is 11.3 Å². The van der Waals surface area contributed by atoms with Crippen LogP contribution in [0.15, 0.2) is 48.5 Å². The van der Waals surface area contributed by atoms with Crippen LogP contribution in [0.2, 0.25) is 5.02 Å². The highest BCUT2D eigenvalue weighted by Gasteiger charge is 2.34. The summed E-state index contributed by atoms with van der Waals surface area (Å²) in [7, 11) is 0. The molecule has 5 nitrogen and oxygen atoms in total. The van der Waals surface area contributed by atoms with Crippen LogP contribution in [0.25, 0.3) is 0 Å². The zero-order valence-electron chi connectivity index (χ0n) is 13.8. The molecule has 0 bridgehead atoms. The fourth-order valence-corrected chi connectivity index (χ4v) is 3.94. The maximum atomic E-state index is 12.6. The highest BCUT2D eigenvalue weighted by atomic mass is 35.5. The fraction of sp³-hybridized carbons (Fsp3) is 0.211. The van der Waals surface area contributed by atoms with E-state index in [0.717, 1.165) is 5.56 Å². The van der Waals surface area contributed by atoms with Crippen molar-refractivity contribution >= 4 is 40.9 Å². The van der Waals surface area contributed by atoms with Crippen molar-refractivity contribution in [3.05, 3.63) is 64.7 Å². The van der Waals surface area contributed by atoms with Crippen LogP contribution in [-0.4, -0.2) is 34.4 Å². The number of rotatable bonds is 4. The van der Waals surface area contributed by atoms with Gasteiger partial charge in [-0.25, -0.2) is 0 Å². The first kappa shape index (κ1) is 18.3. The molecule has 1 aliphatic rings. The summed E-state index contributed by atoms with van der Waals surface area (Å²) in [5.74, 6) is 0.758. The number of nitriles is 1. The van der Waals surface area contributed by atoms with Gasteiger partial charge in [-0.3, -0.25) is 9.59 Å². The smallest absolute Gasteiger partial charge is 0.248 e. The summed E-state index contributed by atoms with van der Waals surface area (Å²) in [6.07, 6.45) is 0.234. The van der Waals surface area contributed by atoms with E-state index in [1.807, 2.05) is 18.2 Å². The number of halogens is 1. The Balaban J connectivity index is 1.64. The monoisotopic (exact) mass is 385 g/mol. The molecule has 1 atom stereocenters. The molecule has 0 aromatic heterocycles. The van der Waals surface area contributed by atoms with Crippen LogP contribution in [0.4, 0.5) is 5.69 Å². The summed E-state index contributed by atoms with van der Waals surface area (Å²) in [5, 5.41) is 12.3. The number of thioether (sulfide) groups is 1. The predicted octanol–water partition coefficient (Wildman–Crippen LogP) is 3.29. The van der Waals surface area contributed by atoms with Crippen LogP contribution in [0.1, 0.15) is 11.1 Å². The zero-order chi connectivity index (χ0) is 18.5. The topological polar surface area (TPSA) is 73.2 Å². The standard InChI is InChI=1S/C19H16ClN3O2S/c20-15-5-1-13(2-6-15)9-18(24)23-12-26-11-17(23)19(25)22-16-7-3-14(10-21)4-8-16/h1-8,17H,9,11-12H2,(H,22,25). The summed E-state index contributed by atoms with van der Waals surface area (Å²) in [6.45, 7) is 0. The number of carbonyl (C=O) groups excluding carboxylic acids is 2. The van der Waals surface area contributed by atoms with Crippen LogP contribution >= 0.6 is 23.4 Å². The molecule has 1 saturated heterocycles. The van der Waals surface area contributed by atoms with Crippen molar-refractivity contribution in [3.63, 3.8) is 0 Å². The maximum absolute atomic E-state index is 12.6. The van der Waals surface area contributed by atoms with E-state index in [4.69, 9.17) is 16.9 Å². The second-order valence-corrected chi connectivity index (χ2v) is 7.30. The maximum Gasteiger partial charge on any atom is 0.248 e. The third kappa shape index (κ3) is 4.37. The fourth-order valence-electron chi connectivity index (χ4n) is 2.64. The summed E-state index contributed by atoms with van der Waals surface area (Å²) >= 11 is 7.42. The lowest BCUT2D eigenvalue weighted by Crippen LogP contribution is -2.45. The lowest BCUT2D eigenvalue weighted by Gasteiger charge is -2.23. The molecule has 2 aromatic carbocycles. The Morgan fingerprint density at radius 2 is 1.88 bits per heavy atom. The summed E-state index contributed by atoms with van der Waals surface area (Å²) in [4.78, 5) is 26.8. The molecule has 1 aliphatic heterocycles. The van der Waals surface area contributed by atoms with Gasteiger partial charge in [0.25, 0.3) is 0 Å². The molecular weight excluding hydrogens is 370 g/mol. The van der Waals surface area contributed by atoms with Gasteiger partial charge in [0, 0.05) is 16.5 Å². The Morgan fingerprint density at radius 3 is 2.54 bits per heavy atom. The number of hydrogen-bond donors (Lipinski definition) is 1. The van der Waals surface area contributed by atoms with E-state index in [1.165, 1.54) is 0 Å². The number of nitrogens with zero attached hydrogens (tertiary/aromatic N) is 2. The molecule has 2 aromatic rings. The largest absolute Gasteiger partial charge is 0.324 e. The Kier molecular flexibility index (Phi) is 5.82. The highest BCUT2D eigenvalue weighted by Crippen LogP contribution is 2.23. The molecule has 2 amide bonds. The van der Waals surface area contributed by atoms with Gasteiger partial charge >= 0.3 is 0 Å². The SMILES string of the molecule is N#Cc1ccc(NC(=O)C2CSCN2C(=O)Cc2ccc(Cl)cc2)cc1. The molecule has 1 N–H and O–H groups in total. The third-order valence-corrected chi connectivity index (χ3v) is 5.32. The minimum Gasteiger partial charge on any atom is -0.324 e. The molecule has 0 saturated carbocycles. The lowest BCUT2D eigenvalue weighted by atomic mass is 10.1. The number of anilines is 1. The number of hydrogen-bond acceptors (Lipinski definition) is 4. The molecule has 0 radical (unpaired) electrons. The van der Waals surface area contributed by atoms with E-state index in [2.05, 4.69) is 5.32 Å². The van der Waals surface area contributed by atoms with Gasteiger partial charge in [-0.15, -0.1) is 11.8 Å². The summed E-state index contributed by atoms with van der Waals surface area (Å²) < 4.78 is 0. The predicted molar refractivity (Wildman–Crippen MR) is 103 cm³/mol. The molecule has 3 rings (SSSR count). The molecule has 1 fully saturated rings. The van der Waals surface area contributed by atoms with E-state index >= 15 is 0 Å². The Bertz CT molecular complexity index is 847. The molecule has 132 valence electrons. The number of carbonyl (C=O) groups is 2. The van der Waals surface area contributed by atoms with Gasteiger partial charge in [0.2, 0.25) is 11.8 Å². The molecule has 1 unspecified atom stereocenters. The quantitative estimate of drug-likeness (QED) is 0.876. The van der Waals surface area contributed by atoms with Crippen LogP contribution in [-0.2, 0) is 16.0 Å². The third-order valence-electron chi connectivity index (χ3n) is 4.06. The molecule has 26 heavy (non-hydrogen) atoms. The van der Waals surface area contributed by atoms with Crippen molar-refractivity contribution in [1.82, 2.24) is 4.90 Å². The van der Waals surface area contributed by atoms with Crippen molar-refractivity contribution in [1.29, 1.82) is 5.26 Å². The van der Waals surface area contributed by atoms with E-state index < -0.39 is 6.04 Å². The van der Waals surface area contributed by atoms with E-state index in [1.54, 1.807) is 53.1 Å². The number of benzene rings is 2. The van der Waals surface area contributed by atoms with Gasteiger partial charge < -0.3 is 10.2 Å². The average Bonchev–Trinajstić information content (AvgIpc) is 3.14.